The van der Waals surface area contributed by atoms with Crippen molar-refractivity contribution in [3.8, 4) is 0 Å². The molecule has 0 fully saturated rings. The lowest BCUT2D eigenvalue weighted by molar-refractivity contribution is -0.167. The summed E-state index contributed by atoms with van der Waals surface area (Å²) in [4.78, 5) is 37.9. The maximum Gasteiger partial charge on any atom is 0.306 e. The maximum absolute atomic E-state index is 12.8. The minimum absolute atomic E-state index is 0.119. The molecule has 0 bridgehead atoms. The van der Waals surface area contributed by atoms with Crippen molar-refractivity contribution in [1.82, 2.24) is 0 Å². The molecule has 0 N–H and O–H groups in total. The largest absolute Gasteiger partial charge is 0.462 e. The van der Waals surface area contributed by atoms with E-state index in [0.717, 1.165) is 109 Å². The van der Waals surface area contributed by atoms with Gasteiger partial charge in [-0.05, 0) is 89.9 Å². The average molecular weight is 881 g/mol. The molecule has 1 unspecified atom stereocenters. The topological polar surface area (TPSA) is 78.9 Å². The van der Waals surface area contributed by atoms with Gasteiger partial charge < -0.3 is 14.2 Å². The van der Waals surface area contributed by atoms with E-state index >= 15 is 0 Å². The van der Waals surface area contributed by atoms with E-state index in [1.807, 2.05) is 72.9 Å². The highest BCUT2D eigenvalue weighted by atomic mass is 16.6. The Hall–Kier alpha value is -4.71. The third kappa shape index (κ3) is 48.3. The summed E-state index contributed by atoms with van der Waals surface area (Å²) >= 11 is 0. The first-order chi connectivity index (χ1) is 31.5. The molecule has 0 aromatic carbocycles. The summed E-state index contributed by atoms with van der Waals surface area (Å²) in [5.41, 5.74) is 0. The number of unbranched alkanes of at least 4 members (excludes halogenated alkanes) is 14. The molecule has 0 aliphatic carbocycles. The van der Waals surface area contributed by atoms with Crippen molar-refractivity contribution in [2.45, 2.75) is 187 Å². The van der Waals surface area contributed by atoms with Crippen molar-refractivity contribution in [3.05, 3.63) is 146 Å². The number of ether oxygens (including phenoxy) is 3. The first-order valence-electron chi connectivity index (χ1n) is 25.0. The van der Waals surface area contributed by atoms with E-state index in [1.54, 1.807) is 0 Å². The second-order valence-corrected chi connectivity index (χ2v) is 15.8. The number of rotatable bonds is 42. The lowest BCUT2D eigenvalue weighted by Gasteiger charge is -2.18. The smallest absolute Gasteiger partial charge is 0.306 e. The highest BCUT2D eigenvalue weighted by molar-refractivity contribution is 5.71. The SMILES string of the molecule is CC\C=C/C=C\C=C/C=C\C=C\C=C/C=C\CCCCCC(=O)OCC(COC(=O)CCCCC/C=C\C=C/CCCC)OC(=O)CCCCCCCC/C=C\C/C=C\C/C=C\CC. The number of carbonyl (C=O) groups excluding carboxylic acids is 3. The minimum Gasteiger partial charge on any atom is -0.462 e. The fourth-order valence-corrected chi connectivity index (χ4v) is 6.06. The molecule has 6 nitrogen and oxygen atoms in total. The normalized spacial score (nSPS) is 13.4. The van der Waals surface area contributed by atoms with Gasteiger partial charge in [-0.2, -0.15) is 0 Å². The van der Waals surface area contributed by atoms with Crippen LogP contribution in [0.1, 0.15) is 181 Å². The second kappa shape index (κ2) is 50.9. The summed E-state index contributed by atoms with van der Waals surface area (Å²) in [6.45, 7) is 6.22. The highest BCUT2D eigenvalue weighted by Gasteiger charge is 2.19. The van der Waals surface area contributed by atoms with Crippen LogP contribution in [0.15, 0.2) is 146 Å². The van der Waals surface area contributed by atoms with Gasteiger partial charge in [0, 0.05) is 19.3 Å². The molecule has 0 spiro atoms. The molecule has 6 heteroatoms. The van der Waals surface area contributed by atoms with Crippen molar-refractivity contribution in [1.29, 1.82) is 0 Å². The standard InChI is InChI=1S/C58H88O6/c1-4-7-10-13-16-19-22-24-26-28-29-30-32-33-36-39-42-45-48-51-57(60)63-54-55(53-62-56(59)50-47-44-41-38-35-21-18-15-12-9-6-3)64-58(61)52-49-46-43-40-37-34-31-27-25-23-20-17-14-11-8-5-2/h7-8,10-11,13,15-22,24-30,32-33,35-36,55H,4-6,9,12,14,23,31,34,37-54H2,1-3H3/b10-7-,11-8-,16-13-,18-15-,20-17-,22-19-,26-24-,27-25-,29-28+,32-30-,35-21-,36-33-. The Kier molecular flexibility index (Phi) is 47.2. The average Bonchev–Trinajstić information content (AvgIpc) is 3.29. The van der Waals surface area contributed by atoms with Crippen LogP contribution in [-0.2, 0) is 28.6 Å². The van der Waals surface area contributed by atoms with Crippen LogP contribution in [0.4, 0.5) is 0 Å². The van der Waals surface area contributed by atoms with Crippen LogP contribution in [0, 0.1) is 0 Å². The van der Waals surface area contributed by atoms with Gasteiger partial charge in [0.1, 0.15) is 13.2 Å². The summed E-state index contributed by atoms with van der Waals surface area (Å²) < 4.78 is 16.7. The van der Waals surface area contributed by atoms with Crippen LogP contribution < -0.4 is 0 Å². The van der Waals surface area contributed by atoms with Crippen molar-refractivity contribution >= 4 is 17.9 Å². The van der Waals surface area contributed by atoms with Crippen LogP contribution in [0.2, 0.25) is 0 Å². The van der Waals surface area contributed by atoms with Crippen molar-refractivity contribution in [3.63, 3.8) is 0 Å². The highest BCUT2D eigenvalue weighted by Crippen LogP contribution is 2.12. The summed E-state index contributed by atoms with van der Waals surface area (Å²) in [7, 11) is 0. The minimum atomic E-state index is -0.821. The summed E-state index contributed by atoms with van der Waals surface area (Å²) in [5.74, 6) is -1.02. The number of hydrogen-bond acceptors (Lipinski definition) is 6. The number of hydrogen-bond donors (Lipinski definition) is 0. The molecule has 0 saturated carbocycles. The predicted molar refractivity (Wildman–Crippen MR) is 274 cm³/mol. The number of carbonyl (C=O) groups is 3. The monoisotopic (exact) mass is 881 g/mol. The summed E-state index contributed by atoms with van der Waals surface area (Å²) in [6, 6.07) is 0. The molecule has 0 aromatic rings. The fourth-order valence-electron chi connectivity index (χ4n) is 6.06. The third-order valence-electron chi connectivity index (χ3n) is 9.78. The molecule has 0 rings (SSSR count). The number of esters is 3. The first-order valence-corrected chi connectivity index (χ1v) is 25.0. The zero-order valence-electron chi connectivity index (χ0n) is 40.5. The molecule has 0 radical (unpaired) electrons. The molecule has 0 heterocycles. The van der Waals surface area contributed by atoms with E-state index in [4.69, 9.17) is 14.2 Å². The number of allylic oxidation sites excluding steroid dienone is 24. The Morgan fingerprint density at radius 2 is 0.688 bits per heavy atom. The van der Waals surface area contributed by atoms with E-state index in [9.17, 15) is 14.4 Å². The van der Waals surface area contributed by atoms with Gasteiger partial charge >= 0.3 is 17.9 Å². The van der Waals surface area contributed by atoms with Crippen LogP contribution in [0.5, 0.6) is 0 Å². The van der Waals surface area contributed by atoms with Gasteiger partial charge in [-0.25, -0.2) is 0 Å². The van der Waals surface area contributed by atoms with Gasteiger partial charge in [-0.3, -0.25) is 14.4 Å². The van der Waals surface area contributed by atoms with Crippen LogP contribution in [0.25, 0.3) is 0 Å². The molecule has 0 aromatic heterocycles. The molecule has 64 heavy (non-hydrogen) atoms. The van der Waals surface area contributed by atoms with E-state index in [2.05, 4.69) is 93.7 Å². The fraction of sp³-hybridized carbons (Fsp3) is 0.534. The maximum atomic E-state index is 12.8. The Morgan fingerprint density at radius 1 is 0.344 bits per heavy atom. The molecular formula is C58H88O6. The van der Waals surface area contributed by atoms with Crippen LogP contribution >= 0.6 is 0 Å². The van der Waals surface area contributed by atoms with E-state index in [-0.39, 0.29) is 37.5 Å². The molecule has 0 amide bonds. The van der Waals surface area contributed by atoms with Gasteiger partial charge in [0.2, 0.25) is 0 Å². The lowest BCUT2D eigenvalue weighted by atomic mass is 10.1. The summed E-state index contributed by atoms with van der Waals surface area (Å²) in [6.07, 6.45) is 72.5. The molecular weight excluding hydrogens is 793 g/mol. The van der Waals surface area contributed by atoms with Crippen LogP contribution in [-0.4, -0.2) is 37.2 Å². The van der Waals surface area contributed by atoms with Crippen molar-refractivity contribution in [2.75, 3.05) is 13.2 Å². The first kappa shape index (κ1) is 59.3. The molecule has 0 saturated heterocycles. The Labute approximate surface area is 391 Å². The predicted octanol–water partition coefficient (Wildman–Crippen LogP) is 16.5. The lowest BCUT2D eigenvalue weighted by Crippen LogP contribution is -2.30. The van der Waals surface area contributed by atoms with Crippen LogP contribution in [0.3, 0.4) is 0 Å². The van der Waals surface area contributed by atoms with E-state index in [0.29, 0.717) is 19.3 Å². The van der Waals surface area contributed by atoms with E-state index in [1.165, 1.54) is 25.7 Å². The van der Waals surface area contributed by atoms with Gasteiger partial charge in [-0.15, -0.1) is 0 Å². The second-order valence-electron chi connectivity index (χ2n) is 15.8. The third-order valence-corrected chi connectivity index (χ3v) is 9.78. The van der Waals surface area contributed by atoms with Gasteiger partial charge in [0.25, 0.3) is 0 Å². The molecule has 1 atom stereocenters. The molecule has 356 valence electrons. The zero-order chi connectivity index (χ0) is 46.5. The molecule has 0 aliphatic heterocycles. The van der Waals surface area contributed by atoms with E-state index < -0.39 is 6.10 Å². The van der Waals surface area contributed by atoms with Crippen molar-refractivity contribution < 1.29 is 28.6 Å². The van der Waals surface area contributed by atoms with Crippen molar-refractivity contribution in [2.24, 2.45) is 0 Å². The van der Waals surface area contributed by atoms with Gasteiger partial charge in [0.05, 0.1) is 0 Å². The molecule has 0 aliphatic rings. The Balaban J connectivity index is 4.56. The van der Waals surface area contributed by atoms with Gasteiger partial charge in [-0.1, -0.05) is 218 Å². The quantitative estimate of drug-likeness (QED) is 0.0200. The Bertz CT molecular complexity index is 1480. The zero-order valence-corrected chi connectivity index (χ0v) is 40.5. The van der Waals surface area contributed by atoms with Gasteiger partial charge in [0.15, 0.2) is 6.10 Å². The summed E-state index contributed by atoms with van der Waals surface area (Å²) in [5, 5.41) is 0. The Morgan fingerprint density at radius 3 is 1.17 bits per heavy atom.